The minimum Gasteiger partial charge on any atom is -0.466 e. The van der Waals surface area contributed by atoms with Crippen molar-refractivity contribution < 1.29 is 23.8 Å². The van der Waals surface area contributed by atoms with Crippen molar-refractivity contribution in [1.82, 2.24) is 5.32 Å². The summed E-state index contributed by atoms with van der Waals surface area (Å²) in [5.41, 5.74) is 1.77. The molecule has 33 heavy (non-hydrogen) atoms. The van der Waals surface area contributed by atoms with Crippen LogP contribution in [0.5, 0.6) is 0 Å². The number of benzene rings is 2. The zero-order valence-corrected chi connectivity index (χ0v) is 20.6. The maximum Gasteiger partial charge on any atom is 0.407 e. The topological polar surface area (TPSA) is 73.9 Å². The lowest BCUT2D eigenvalue weighted by Gasteiger charge is -2.31. The van der Waals surface area contributed by atoms with Crippen LogP contribution >= 0.6 is 0 Å². The lowest BCUT2D eigenvalue weighted by atomic mass is 9.82. The Morgan fingerprint density at radius 3 is 2.09 bits per heavy atom. The van der Waals surface area contributed by atoms with Gasteiger partial charge < -0.3 is 19.5 Å². The van der Waals surface area contributed by atoms with Gasteiger partial charge in [0.05, 0.1) is 18.6 Å². The number of hydrogen-bond acceptors (Lipinski definition) is 5. The third-order valence-corrected chi connectivity index (χ3v) is 5.19. The highest BCUT2D eigenvalue weighted by Gasteiger charge is 2.38. The van der Waals surface area contributed by atoms with Crippen LogP contribution in [0.15, 0.2) is 54.6 Å². The molecule has 6 nitrogen and oxygen atoms in total. The van der Waals surface area contributed by atoms with Crippen molar-refractivity contribution in [3.05, 3.63) is 60.2 Å². The number of carbonyl (C=O) groups is 2. The van der Waals surface area contributed by atoms with Gasteiger partial charge in [-0.25, -0.2) is 4.79 Å². The first-order valence-corrected chi connectivity index (χ1v) is 11.4. The number of esters is 1. The second-order valence-corrected chi connectivity index (χ2v) is 9.53. The van der Waals surface area contributed by atoms with E-state index in [1.165, 1.54) is 0 Å². The van der Waals surface area contributed by atoms with Crippen LogP contribution in [0.2, 0.25) is 0 Å². The number of amides is 1. The van der Waals surface area contributed by atoms with Crippen molar-refractivity contribution in [2.24, 2.45) is 5.41 Å². The molecule has 0 aliphatic rings. The van der Waals surface area contributed by atoms with Gasteiger partial charge in [0, 0.05) is 13.2 Å². The summed E-state index contributed by atoms with van der Waals surface area (Å²) in [7, 11) is 1.55. The zero-order chi connectivity index (χ0) is 24.5. The molecule has 0 aliphatic heterocycles. The second kappa shape index (κ2) is 11.8. The van der Waals surface area contributed by atoms with Crippen molar-refractivity contribution in [3.8, 4) is 11.1 Å². The summed E-state index contributed by atoms with van der Waals surface area (Å²) in [5, 5.41) is 2.95. The molecule has 0 spiro atoms. The highest BCUT2D eigenvalue weighted by molar-refractivity contribution is 5.77. The highest BCUT2D eigenvalue weighted by atomic mass is 16.6. The molecule has 0 saturated heterocycles. The van der Waals surface area contributed by atoms with Crippen LogP contribution in [0, 0.1) is 5.41 Å². The minimum absolute atomic E-state index is 0.186. The highest BCUT2D eigenvalue weighted by Crippen LogP contribution is 2.28. The summed E-state index contributed by atoms with van der Waals surface area (Å²) >= 11 is 0. The molecule has 1 amide bonds. The second-order valence-electron chi connectivity index (χ2n) is 9.53. The Morgan fingerprint density at radius 1 is 0.939 bits per heavy atom. The van der Waals surface area contributed by atoms with Gasteiger partial charge in [-0.2, -0.15) is 0 Å². The molecule has 0 heterocycles. The van der Waals surface area contributed by atoms with E-state index in [1.807, 2.05) is 51.1 Å². The van der Waals surface area contributed by atoms with Crippen molar-refractivity contribution in [3.63, 3.8) is 0 Å². The Labute approximate surface area is 197 Å². The summed E-state index contributed by atoms with van der Waals surface area (Å²) in [4.78, 5) is 25.3. The van der Waals surface area contributed by atoms with E-state index in [4.69, 9.17) is 14.2 Å². The Morgan fingerprint density at radius 2 is 1.55 bits per heavy atom. The van der Waals surface area contributed by atoms with Crippen LogP contribution < -0.4 is 5.32 Å². The smallest absolute Gasteiger partial charge is 0.407 e. The van der Waals surface area contributed by atoms with Gasteiger partial charge in [0.2, 0.25) is 0 Å². The predicted octanol–water partition coefficient (Wildman–Crippen LogP) is 5.40. The van der Waals surface area contributed by atoms with Crippen molar-refractivity contribution in [2.75, 3.05) is 20.3 Å². The molecule has 2 aromatic carbocycles. The molecule has 2 aromatic rings. The van der Waals surface area contributed by atoms with Crippen LogP contribution in [-0.4, -0.2) is 44.0 Å². The SMILES string of the molecule is CCOC(=O)[C@](C)(COC)C[C@@H](Cc1ccc(-c2ccccc2)cc1)NC(=O)OC(C)(C)C. The fourth-order valence-corrected chi connectivity index (χ4v) is 3.77. The van der Waals surface area contributed by atoms with Crippen molar-refractivity contribution in [1.29, 1.82) is 0 Å². The minimum atomic E-state index is -0.908. The molecule has 0 fully saturated rings. The Balaban J connectivity index is 2.24. The average Bonchev–Trinajstić information content (AvgIpc) is 2.74. The number of alkyl carbamates (subject to hydrolysis) is 1. The normalized spacial score (nSPS) is 14.1. The number of hydrogen-bond donors (Lipinski definition) is 1. The summed E-state index contributed by atoms with van der Waals surface area (Å²) < 4.78 is 16.1. The summed E-state index contributed by atoms with van der Waals surface area (Å²) in [6, 6.07) is 18.0. The van der Waals surface area contributed by atoms with Gasteiger partial charge in [0.25, 0.3) is 0 Å². The molecule has 0 bridgehead atoms. The monoisotopic (exact) mass is 455 g/mol. The molecule has 0 unspecified atom stereocenters. The van der Waals surface area contributed by atoms with Gasteiger partial charge >= 0.3 is 12.1 Å². The van der Waals surface area contributed by atoms with E-state index in [0.717, 1.165) is 16.7 Å². The zero-order valence-electron chi connectivity index (χ0n) is 20.6. The van der Waals surface area contributed by atoms with E-state index in [-0.39, 0.29) is 25.2 Å². The Kier molecular flexibility index (Phi) is 9.47. The first-order chi connectivity index (χ1) is 15.6. The predicted molar refractivity (Wildman–Crippen MR) is 130 cm³/mol. The summed E-state index contributed by atoms with van der Waals surface area (Å²) in [6.07, 6.45) is 0.365. The Hall–Kier alpha value is -2.86. The quantitative estimate of drug-likeness (QED) is 0.486. The van der Waals surface area contributed by atoms with Gasteiger partial charge in [-0.15, -0.1) is 0 Å². The van der Waals surface area contributed by atoms with Gasteiger partial charge in [0.15, 0.2) is 0 Å². The van der Waals surface area contributed by atoms with E-state index < -0.39 is 17.1 Å². The van der Waals surface area contributed by atoms with Gasteiger partial charge in [-0.3, -0.25) is 4.79 Å². The van der Waals surface area contributed by atoms with Crippen LogP contribution in [0.1, 0.15) is 46.6 Å². The standard InChI is InChI=1S/C27H37NO5/c1-7-32-24(29)27(5,19-31-6)18-23(28-25(30)33-26(2,3)4)17-20-13-15-22(16-14-20)21-11-9-8-10-12-21/h8-16,23H,7,17-19H2,1-6H3,(H,28,30)/t23-,27+/m1/s1. The first-order valence-electron chi connectivity index (χ1n) is 11.4. The molecule has 0 aliphatic carbocycles. The molecule has 1 N–H and O–H groups in total. The molecule has 2 atom stereocenters. The van der Waals surface area contributed by atoms with E-state index in [9.17, 15) is 9.59 Å². The molecule has 180 valence electrons. The van der Waals surface area contributed by atoms with Gasteiger partial charge in [-0.05, 0) is 64.2 Å². The number of methoxy groups -OCH3 is 1. The van der Waals surface area contributed by atoms with Crippen LogP contribution in [-0.2, 0) is 25.4 Å². The lowest BCUT2D eigenvalue weighted by Crippen LogP contribution is -2.46. The maximum atomic E-state index is 12.7. The molecule has 6 heteroatoms. The van der Waals surface area contributed by atoms with Crippen molar-refractivity contribution >= 4 is 12.1 Å². The fourth-order valence-electron chi connectivity index (χ4n) is 3.77. The molecule has 2 rings (SSSR count). The van der Waals surface area contributed by atoms with Gasteiger partial charge in [-0.1, -0.05) is 54.6 Å². The van der Waals surface area contributed by atoms with E-state index in [2.05, 4.69) is 29.6 Å². The van der Waals surface area contributed by atoms with Crippen molar-refractivity contribution in [2.45, 2.75) is 59.1 Å². The number of rotatable bonds is 10. The van der Waals surface area contributed by atoms with E-state index in [1.54, 1.807) is 21.0 Å². The molecule has 0 saturated carbocycles. The van der Waals surface area contributed by atoms with Crippen LogP contribution in [0.4, 0.5) is 4.79 Å². The van der Waals surface area contributed by atoms with Crippen LogP contribution in [0.3, 0.4) is 0 Å². The fraction of sp³-hybridized carbons (Fsp3) is 0.481. The average molecular weight is 456 g/mol. The number of nitrogens with one attached hydrogen (secondary N) is 1. The Bertz CT molecular complexity index is 889. The molecular formula is C27H37NO5. The molecule has 0 radical (unpaired) electrons. The maximum absolute atomic E-state index is 12.7. The van der Waals surface area contributed by atoms with Gasteiger partial charge in [0.1, 0.15) is 5.60 Å². The van der Waals surface area contributed by atoms with E-state index in [0.29, 0.717) is 12.8 Å². The molecular weight excluding hydrogens is 418 g/mol. The summed E-state index contributed by atoms with van der Waals surface area (Å²) in [5.74, 6) is -0.345. The number of ether oxygens (including phenoxy) is 3. The third-order valence-electron chi connectivity index (χ3n) is 5.19. The first kappa shape index (κ1) is 26.4. The largest absolute Gasteiger partial charge is 0.466 e. The third kappa shape index (κ3) is 8.54. The number of carbonyl (C=O) groups excluding carboxylic acids is 2. The summed E-state index contributed by atoms with van der Waals surface area (Å²) in [6.45, 7) is 9.49. The van der Waals surface area contributed by atoms with E-state index >= 15 is 0 Å². The lowest BCUT2D eigenvalue weighted by molar-refractivity contribution is -0.158. The molecule has 0 aromatic heterocycles. The van der Waals surface area contributed by atoms with Crippen LogP contribution in [0.25, 0.3) is 11.1 Å².